The summed E-state index contributed by atoms with van der Waals surface area (Å²) < 4.78 is 58.2. The third-order valence-corrected chi connectivity index (χ3v) is 5.47. The second-order valence-electron chi connectivity index (χ2n) is 7.82. The fraction of sp³-hybridized carbons (Fsp3) is 0.0769. The summed E-state index contributed by atoms with van der Waals surface area (Å²) in [6.45, 7) is 0.457. The van der Waals surface area contributed by atoms with E-state index in [4.69, 9.17) is 0 Å². The molecule has 0 unspecified atom stereocenters. The summed E-state index contributed by atoms with van der Waals surface area (Å²) >= 11 is 0. The van der Waals surface area contributed by atoms with Crippen molar-refractivity contribution in [3.8, 4) is 22.6 Å². The van der Waals surface area contributed by atoms with Crippen LogP contribution in [0.2, 0.25) is 0 Å². The molecule has 35 heavy (non-hydrogen) atoms. The summed E-state index contributed by atoms with van der Waals surface area (Å²) in [5, 5.41) is 0. The van der Waals surface area contributed by atoms with Crippen molar-refractivity contribution in [1.29, 1.82) is 0 Å². The summed E-state index contributed by atoms with van der Waals surface area (Å²) in [4.78, 5) is 17.7. The Bertz CT molecular complexity index is 1540. The first-order chi connectivity index (χ1) is 16.8. The number of aromatic nitrogens is 3. The quantitative estimate of drug-likeness (QED) is 0.293. The van der Waals surface area contributed by atoms with Crippen molar-refractivity contribution in [3.05, 3.63) is 113 Å². The first kappa shape index (κ1) is 22.4. The number of alkyl halides is 3. The highest BCUT2D eigenvalue weighted by Crippen LogP contribution is 2.29. The van der Waals surface area contributed by atoms with Gasteiger partial charge in [-0.1, -0.05) is 42.5 Å². The number of fused-ring (bicyclic) bond motifs is 1. The lowest BCUT2D eigenvalue weighted by Crippen LogP contribution is -2.20. The van der Waals surface area contributed by atoms with E-state index in [1.807, 2.05) is 34.9 Å². The molecule has 0 aliphatic heterocycles. The van der Waals surface area contributed by atoms with Gasteiger partial charge in [-0.25, -0.2) is 9.37 Å². The Morgan fingerprint density at radius 2 is 1.57 bits per heavy atom. The Kier molecular flexibility index (Phi) is 5.60. The number of hydrogen-bond acceptors (Lipinski definition) is 3. The minimum absolute atomic E-state index is 0.179. The van der Waals surface area contributed by atoms with Crippen LogP contribution in [0.15, 0.2) is 96.2 Å². The zero-order chi connectivity index (χ0) is 24.6. The molecular formula is C26H17F4N3O2. The van der Waals surface area contributed by atoms with Crippen molar-refractivity contribution in [2.24, 2.45) is 0 Å². The van der Waals surface area contributed by atoms with Crippen LogP contribution < -0.4 is 10.3 Å². The lowest BCUT2D eigenvalue weighted by atomic mass is 10.1. The Morgan fingerprint density at radius 1 is 0.886 bits per heavy atom. The number of rotatable bonds is 5. The molecule has 2 aromatic heterocycles. The van der Waals surface area contributed by atoms with Gasteiger partial charge in [-0.2, -0.15) is 0 Å². The predicted molar refractivity (Wildman–Crippen MR) is 123 cm³/mol. The van der Waals surface area contributed by atoms with E-state index in [2.05, 4.69) is 9.72 Å². The van der Waals surface area contributed by atoms with Crippen LogP contribution in [0.25, 0.3) is 27.8 Å². The number of hydrogen-bond donors (Lipinski definition) is 0. The van der Waals surface area contributed by atoms with Gasteiger partial charge in [0.2, 0.25) is 0 Å². The Morgan fingerprint density at radius 3 is 2.23 bits per heavy atom. The molecule has 0 aliphatic carbocycles. The SMILES string of the molecule is O=c1c2ncn(Cc3ccccc3)c2c(-c2ccc(F)cc2)cn1-c1ccc(OC(F)(F)F)cc1. The number of nitrogens with zero attached hydrogens (tertiary/aromatic N) is 3. The predicted octanol–water partition coefficient (Wildman–Crippen LogP) is 5.94. The van der Waals surface area contributed by atoms with E-state index in [1.54, 1.807) is 24.7 Å². The normalized spacial score (nSPS) is 11.7. The zero-order valence-corrected chi connectivity index (χ0v) is 18.0. The van der Waals surface area contributed by atoms with Gasteiger partial charge >= 0.3 is 6.36 Å². The van der Waals surface area contributed by atoms with Crippen LogP contribution >= 0.6 is 0 Å². The standard InChI is InChI=1S/C26H17F4N3O2/c27-19-8-6-18(7-9-19)22-15-33(20-10-12-21(13-11-20)35-26(28,29)30)25(34)23-24(22)32(16-31-23)14-17-4-2-1-3-5-17/h1-13,15-16H,14H2. The second kappa shape index (κ2) is 8.75. The first-order valence-electron chi connectivity index (χ1n) is 10.5. The van der Waals surface area contributed by atoms with Crippen LogP contribution in [0.5, 0.6) is 5.75 Å². The van der Waals surface area contributed by atoms with Crippen LogP contribution in [-0.4, -0.2) is 20.5 Å². The highest BCUT2D eigenvalue weighted by atomic mass is 19.4. The maximum Gasteiger partial charge on any atom is 0.573 e. The van der Waals surface area contributed by atoms with Gasteiger partial charge in [0.05, 0.1) is 11.8 Å². The molecule has 0 aliphatic rings. The van der Waals surface area contributed by atoms with Crippen molar-refractivity contribution in [3.63, 3.8) is 0 Å². The minimum Gasteiger partial charge on any atom is -0.406 e. The van der Waals surface area contributed by atoms with Gasteiger partial charge in [0.15, 0.2) is 5.52 Å². The van der Waals surface area contributed by atoms with Gasteiger partial charge in [0.25, 0.3) is 5.56 Å². The van der Waals surface area contributed by atoms with Crippen LogP contribution in [0.4, 0.5) is 17.6 Å². The molecule has 0 radical (unpaired) electrons. The van der Waals surface area contributed by atoms with Gasteiger partial charge in [0.1, 0.15) is 11.6 Å². The van der Waals surface area contributed by atoms with E-state index in [0.717, 1.165) is 17.7 Å². The highest BCUT2D eigenvalue weighted by molar-refractivity contribution is 5.91. The third kappa shape index (κ3) is 4.65. The molecule has 176 valence electrons. The van der Waals surface area contributed by atoms with E-state index >= 15 is 0 Å². The summed E-state index contributed by atoms with van der Waals surface area (Å²) in [6, 6.07) is 20.4. The van der Waals surface area contributed by atoms with Crippen molar-refractivity contribution in [1.82, 2.24) is 14.1 Å². The average molecular weight is 479 g/mol. The van der Waals surface area contributed by atoms with E-state index in [9.17, 15) is 22.4 Å². The summed E-state index contributed by atoms with van der Waals surface area (Å²) in [5.41, 5.74) is 2.90. The molecule has 0 saturated heterocycles. The molecular weight excluding hydrogens is 462 g/mol. The highest BCUT2D eigenvalue weighted by Gasteiger charge is 2.31. The van der Waals surface area contributed by atoms with Gasteiger partial charge in [-0.3, -0.25) is 9.36 Å². The molecule has 5 rings (SSSR count). The van der Waals surface area contributed by atoms with E-state index < -0.39 is 23.5 Å². The average Bonchev–Trinajstić information content (AvgIpc) is 3.25. The van der Waals surface area contributed by atoms with Crippen molar-refractivity contribution in [2.45, 2.75) is 12.9 Å². The number of imidazole rings is 1. The topological polar surface area (TPSA) is 49.0 Å². The maximum atomic E-state index is 13.6. The number of halogens is 4. The van der Waals surface area contributed by atoms with Crippen LogP contribution in [0.1, 0.15) is 5.56 Å². The zero-order valence-electron chi connectivity index (χ0n) is 18.0. The van der Waals surface area contributed by atoms with Gasteiger partial charge in [-0.05, 0) is 47.5 Å². The van der Waals surface area contributed by atoms with Gasteiger partial charge in [0, 0.05) is 24.0 Å². The van der Waals surface area contributed by atoms with Crippen LogP contribution in [0.3, 0.4) is 0 Å². The summed E-state index contributed by atoms with van der Waals surface area (Å²) in [5.74, 6) is -0.808. The van der Waals surface area contributed by atoms with Crippen LogP contribution in [0, 0.1) is 5.82 Å². The Balaban J connectivity index is 1.67. The minimum atomic E-state index is -4.82. The molecule has 0 bridgehead atoms. The third-order valence-electron chi connectivity index (χ3n) is 5.47. The Labute approximate surface area is 196 Å². The Hall–Kier alpha value is -4.40. The monoisotopic (exact) mass is 479 g/mol. The fourth-order valence-electron chi connectivity index (χ4n) is 3.92. The smallest absolute Gasteiger partial charge is 0.406 e. The molecule has 0 spiro atoms. The molecule has 3 aromatic carbocycles. The molecule has 0 atom stereocenters. The van der Waals surface area contributed by atoms with Gasteiger partial charge in [-0.15, -0.1) is 13.2 Å². The molecule has 2 heterocycles. The number of ether oxygens (including phenoxy) is 1. The molecule has 0 N–H and O–H groups in total. The van der Waals surface area contributed by atoms with Crippen molar-refractivity contribution < 1.29 is 22.3 Å². The number of benzene rings is 3. The van der Waals surface area contributed by atoms with E-state index in [-0.39, 0.29) is 5.52 Å². The molecule has 9 heteroatoms. The second-order valence-corrected chi connectivity index (χ2v) is 7.82. The van der Waals surface area contributed by atoms with Crippen LogP contribution in [-0.2, 0) is 6.54 Å². The molecule has 5 nitrogen and oxygen atoms in total. The van der Waals surface area contributed by atoms with Crippen molar-refractivity contribution in [2.75, 3.05) is 0 Å². The summed E-state index contributed by atoms with van der Waals surface area (Å²) in [6.07, 6.45) is -1.67. The molecule has 0 saturated carbocycles. The maximum absolute atomic E-state index is 13.6. The fourth-order valence-corrected chi connectivity index (χ4v) is 3.92. The first-order valence-corrected chi connectivity index (χ1v) is 10.5. The molecule has 0 fully saturated rings. The van der Waals surface area contributed by atoms with E-state index in [0.29, 0.717) is 28.9 Å². The number of pyridine rings is 1. The summed E-state index contributed by atoms with van der Waals surface area (Å²) in [7, 11) is 0. The molecule has 0 amide bonds. The van der Waals surface area contributed by atoms with E-state index in [1.165, 1.54) is 28.8 Å². The largest absolute Gasteiger partial charge is 0.573 e. The van der Waals surface area contributed by atoms with Gasteiger partial charge < -0.3 is 9.30 Å². The van der Waals surface area contributed by atoms with Crippen molar-refractivity contribution >= 4 is 11.0 Å². The lowest BCUT2D eigenvalue weighted by molar-refractivity contribution is -0.274. The molecule has 5 aromatic rings. The lowest BCUT2D eigenvalue weighted by Gasteiger charge is -2.14.